The highest BCUT2D eigenvalue weighted by molar-refractivity contribution is 6.32. The highest BCUT2D eigenvalue weighted by Gasteiger charge is 2.17. The Morgan fingerprint density at radius 2 is 1.79 bits per heavy atom. The van der Waals surface area contributed by atoms with Crippen LogP contribution >= 0.6 is 11.6 Å². The third-order valence-corrected chi connectivity index (χ3v) is 4.21. The molecule has 5 nitrogen and oxygen atoms in total. The first kappa shape index (κ1) is 16.2. The summed E-state index contributed by atoms with van der Waals surface area (Å²) in [6, 6.07) is 8.11. The fraction of sp³-hybridized carbons (Fsp3) is 0.167. The Morgan fingerprint density at radius 1 is 1.08 bits per heavy atom. The average molecular weight is 347 g/mol. The van der Waals surface area contributed by atoms with E-state index in [1.54, 1.807) is 38.3 Å². The summed E-state index contributed by atoms with van der Waals surface area (Å²) in [6.07, 6.45) is 0. The molecule has 3 rings (SSSR count). The summed E-state index contributed by atoms with van der Waals surface area (Å²) in [6.45, 7) is 1.80. The molecule has 1 aromatic heterocycles. The van der Waals surface area contributed by atoms with E-state index in [0.29, 0.717) is 33.6 Å². The summed E-state index contributed by atoms with van der Waals surface area (Å²) < 4.78 is 15.9. The second-order valence-electron chi connectivity index (χ2n) is 5.26. The number of ether oxygens (including phenoxy) is 2. The zero-order valence-corrected chi connectivity index (χ0v) is 14.1. The Morgan fingerprint density at radius 3 is 2.46 bits per heavy atom. The van der Waals surface area contributed by atoms with Gasteiger partial charge in [0.2, 0.25) is 0 Å². The molecule has 6 heteroatoms. The van der Waals surface area contributed by atoms with Gasteiger partial charge in [-0.05, 0) is 36.2 Å². The van der Waals surface area contributed by atoms with E-state index in [1.165, 1.54) is 13.2 Å². The molecule has 24 heavy (non-hydrogen) atoms. The van der Waals surface area contributed by atoms with E-state index in [0.717, 1.165) is 0 Å². The number of hydrogen-bond acceptors (Lipinski definition) is 5. The van der Waals surface area contributed by atoms with Crippen LogP contribution in [-0.2, 0) is 0 Å². The number of rotatable bonds is 3. The molecule has 1 heterocycles. The number of phenolic OH excluding ortho intramolecular Hbond substituents is 1. The fourth-order valence-corrected chi connectivity index (χ4v) is 2.85. The summed E-state index contributed by atoms with van der Waals surface area (Å²) in [5, 5.41) is 10.5. The number of aryl methyl sites for hydroxylation is 1. The molecule has 0 bridgehead atoms. The van der Waals surface area contributed by atoms with Crippen LogP contribution in [0.4, 0.5) is 0 Å². The SMILES string of the molecule is COc1ccc(-c2c(C)c3cc(Cl)c(O)cc3oc2=O)cc1OC. The molecular weight excluding hydrogens is 332 g/mol. The first-order chi connectivity index (χ1) is 11.5. The molecule has 2 aromatic carbocycles. The zero-order chi connectivity index (χ0) is 17.4. The molecule has 0 aliphatic carbocycles. The molecule has 0 unspecified atom stereocenters. The standard InChI is InChI=1S/C18H15ClO5/c1-9-11-7-12(19)13(20)8-15(11)24-18(21)17(9)10-4-5-14(22-2)16(6-10)23-3/h4-8,20H,1-3H3. The van der Waals surface area contributed by atoms with Gasteiger partial charge in [0.05, 0.1) is 24.8 Å². The largest absolute Gasteiger partial charge is 0.506 e. The van der Waals surface area contributed by atoms with Gasteiger partial charge in [0, 0.05) is 11.5 Å². The van der Waals surface area contributed by atoms with Crippen LogP contribution in [0.1, 0.15) is 5.56 Å². The first-order valence-corrected chi connectivity index (χ1v) is 7.52. The van der Waals surface area contributed by atoms with Gasteiger partial charge in [0.1, 0.15) is 11.3 Å². The van der Waals surface area contributed by atoms with Gasteiger partial charge in [-0.1, -0.05) is 17.7 Å². The zero-order valence-electron chi connectivity index (χ0n) is 13.3. The van der Waals surface area contributed by atoms with Gasteiger partial charge in [0.15, 0.2) is 11.5 Å². The predicted molar refractivity (Wildman–Crippen MR) is 92.4 cm³/mol. The number of hydrogen-bond donors (Lipinski definition) is 1. The van der Waals surface area contributed by atoms with Crippen LogP contribution in [-0.4, -0.2) is 19.3 Å². The van der Waals surface area contributed by atoms with Crippen LogP contribution in [0.25, 0.3) is 22.1 Å². The lowest BCUT2D eigenvalue weighted by Crippen LogP contribution is -2.06. The smallest absolute Gasteiger partial charge is 0.344 e. The van der Waals surface area contributed by atoms with Crippen LogP contribution in [0.2, 0.25) is 5.02 Å². The molecule has 3 aromatic rings. The van der Waals surface area contributed by atoms with Crippen molar-refractivity contribution in [3.8, 4) is 28.4 Å². The third-order valence-electron chi connectivity index (χ3n) is 3.91. The first-order valence-electron chi connectivity index (χ1n) is 7.14. The maximum Gasteiger partial charge on any atom is 0.344 e. The fourth-order valence-electron chi connectivity index (χ4n) is 2.68. The number of aromatic hydroxyl groups is 1. The second-order valence-corrected chi connectivity index (χ2v) is 5.67. The van der Waals surface area contributed by atoms with Crippen molar-refractivity contribution in [2.75, 3.05) is 14.2 Å². The van der Waals surface area contributed by atoms with Gasteiger partial charge in [-0.3, -0.25) is 0 Å². The van der Waals surface area contributed by atoms with Gasteiger partial charge in [-0.2, -0.15) is 0 Å². The Bertz CT molecular complexity index is 991. The number of benzene rings is 2. The molecule has 1 N–H and O–H groups in total. The summed E-state index contributed by atoms with van der Waals surface area (Å²) in [4.78, 5) is 12.5. The van der Waals surface area contributed by atoms with E-state index < -0.39 is 5.63 Å². The molecule has 0 fully saturated rings. The summed E-state index contributed by atoms with van der Waals surface area (Å²) >= 11 is 5.98. The van der Waals surface area contributed by atoms with Crippen molar-refractivity contribution >= 4 is 22.6 Å². The van der Waals surface area contributed by atoms with Crippen LogP contribution in [0, 0.1) is 6.92 Å². The Kier molecular flexibility index (Phi) is 4.11. The van der Waals surface area contributed by atoms with Crippen molar-refractivity contribution in [2.45, 2.75) is 6.92 Å². The normalized spacial score (nSPS) is 10.8. The van der Waals surface area contributed by atoms with Crippen molar-refractivity contribution in [2.24, 2.45) is 0 Å². The second kappa shape index (κ2) is 6.09. The molecule has 0 spiro atoms. The van der Waals surface area contributed by atoms with Crippen LogP contribution in [0.15, 0.2) is 39.5 Å². The van der Waals surface area contributed by atoms with Crippen molar-refractivity contribution in [1.82, 2.24) is 0 Å². The Hall–Kier alpha value is -2.66. The lowest BCUT2D eigenvalue weighted by atomic mass is 9.99. The highest BCUT2D eigenvalue weighted by Crippen LogP contribution is 2.36. The van der Waals surface area contributed by atoms with Crippen LogP contribution < -0.4 is 15.1 Å². The minimum Gasteiger partial charge on any atom is -0.506 e. The lowest BCUT2D eigenvalue weighted by Gasteiger charge is -2.12. The van der Waals surface area contributed by atoms with Gasteiger partial charge in [-0.25, -0.2) is 4.79 Å². The average Bonchev–Trinajstić information content (AvgIpc) is 2.56. The minimum atomic E-state index is -0.506. The summed E-state index contributed by atoms with van der Waals surface area (Å²) in [5.41, 5.74) is 1.53. The highest BCUT2D eigenvalue weighted by atomic mass is 35.5. The minimum absolute atomic E-state index is 0.134. The van der Waals surface area contributed by atoms with E-state index in [-0.39, 0.29) is 16.4 Å². The quantitative estimate of drug-likeness (QED) is 0.722. The van der Waals surface area contributed by atoms with Gasteiger partial charge >= 0.3 is 5.63 Å². The molecule has 0 amide bonds. The summed E-state index contributed by atoms with van der Waals surface area (Å²) in [5.74, 6) is 0.945. The monoisotopic (exact) mass is 346 g/mol. The molecule has 0 aliphatic rings. The number of halogens is 1. The van der Waals surface area contributed by atoms with Crippen molar-refractivity contribution < 1.29 is 19.0 Å². The number of phenols is 1. The summed E-state index contributed by atoms with van der Waals surface area (Å²) in [7, 11) is 3.07. The molecule has 0 radical (unpaired) electrons. The van der Waals surface area contributed by atoms with Crippen molar-refractivity contribution in [3.05, 3.63) is 51.3 Å². The molecular formula is C18H15ClO5. The molecule has 124 valence electrons. The van der Waals surface area contributed by atoms with Crippen LogP contribution in [0.5, 0.6) is 17.2 Å². The maximum atomic E-state index is 12.5. The molecule has 0 saturated carbocycles. The third kappa shape index (κ3) is 2.57. The predicted octanol–water partition coefficient (Wildman–Crippen LogP) is 4.14. The molecule has 0 saturated heterocycles. The molecule has 0 aliphatic heterocycles. The van der Waals surface area contributed by atoms with Gasteiger partial charge in [-0.15, -0.1) is 0 Å². The van der Waals surface area contributed by atoms with E-state index >= 15 is 0 Å². The van der Waals surface area contributed by atoms with E-state index in [2.05, 4.69) is 0 Å². The van der Waals surface area contributed by atoms with E-state index in [9.17, 15) is 9.90 Å². The number of methoxy groups -OCH3 is 2. The topological polar surface area (TPSA) is 68.9 Å². The maximum absolute atomic E-state index is 12.5. The number of fused-ring (bicyclic) bond motifs is 1. The Balaban J connectivity index is 2.30. The Labute approximate surface area is 143 Å². The van der Waals surface area contributed by atoms with E-state index in [1.807, 2.05) is 0 Å². The lowest BCUT2D eigenvalue weighted by molar-refractivity contribution is 0.355. The van der Waals surface area contributed by atoms with Crippen molar-refractivity contribution in [1.29, 1.82) is 0 Å². The van der Waals surface area contributed by atoms with Crippen LogP contribution in [0.3, 0.4) is 0 Å². The van der Waals surface area contributed by atoms with Gasteiger partial charge in [0.25, 0.3) is 0 Å². The van der Waals surface area contributed by atoms with Gasteiger partial charge < -0.3 is 19.0 Å². The molecule has 0 atom stereocenters. The van der Waals surface area contributed by atoms with Crippen molar-refractivity contribution in [3.63, 3.8) is 0 Å². The van der Waals surface area contributed by atoms with E-state index in [4.69, 9.17) is 25.5 Å².